The maximum absolute atomic E-state index is 12.9. The summed E-state index contributed by atoms with van der Waals surface area (Å²) in [6.45, 7) is 0. The number of fused-ring (bicyclic) bond motifs is 7. The summed E-state index contributed by atoms with van der Waals surface area (Å²) in [5.74, 6) is 2.59. The second kappa shape index (κ2) is 6.98. The molecule has 2 fully saturated rings. The molecule has 2 N–H and O–H groups in total. The summed E-state index contributed by atoms with van der Waals surface area (Å²) in [5, 5.41) is 6.82. The molecule has 4 heteroatoms. The Labute approximate surface area is 176 Å². The third-order valence-electron chi connectivity index (χ3n) is 7.43. The van der Waals surface area contributed by atoms with E-state index in [2.05, 4.69) is 58.1 Å². The first-order valence-electron chi connectivity index (χ1n) is 10.9. The van der Waals surface area contributed by atoms with Crippen LogP contribution in [-0.4, -0.2) is 10.9 Å². The van der Waals surface area contributed by atoms with Gasteiger partial charge < -0.3 is 10.6 Å². The lowest BCUT2D eigenvalue weighted by Crippen LogP contribution is -2.35. The molecule has 4 nitrogen and oxygen atoms in total. The Balaban J connectivity index is 1.36. The molecule has 2 bridgehead atoms. The lowest BCUT2D eigenvalue weighted by Gasteiger charge is -2.43. The summed E-state index contributed by atoms with van der Waals surface area (Å²) in [6.07, 6.45) is 7.37. The zero-order chi connectivity index (χ0) is 20.1. The van der Waals surface area contributed by atoms with Crippen LogP contribution >= 0.6 is 0 Å². The second-order valence-electron chi connectivity index (χ2n) is 8.97. The molecule has 3 aliphatic rings. The average molecular weight is 396 g/mol. The predicted octanol–water partition coefficient (Wildman–Crippen LogP) is 5.63. The van der Waals surface area contributed by atoms with Gasteiger partial charge in [0.1, 0.15) is 0 Å². The number of pyridine rings is 1. The van der Waals surface area contributed by atoms with Crippen LogP contribution in [0.2, 0.25) is 0 Å². The van der Waals surface area contributed by atoms with Gasteiger partial charge in [-0.3, -0.25) is 9.78 Å². The minimum absolute atomic E-state index is 0.0734. The van der Waals surface area contributed by atoms with Gasteiger partial charge in [-0.25, -0.2) is 0 Å². The maximum atomic E-state index is 12.9. The number of rotatable bonds is 3. The number of hydrogen-bond acceptors (Lipinski definition) is 3. The van der Waals surface area contributed by atoms with Crippen molar-refractivity contribution >= 4 is 17.3 Å². The first-order valence-corrected chi connectivity index (χ1v) is 10.9. The smallest absolute Gasteiger partial charge is 0.255 e. The van der Waals surface area contributed by atoms with Crippen molar-refractivity contribution in [1.82, 2.24) is 4.98 Å². The van der Waals surface area contributed by atoms with E-state index in [0.29, 0.717) is 17.9 Å². The number of anilines is 2. The van der Waals surface area contributed by atoms with Crippen molar-refractivity contribution in [2.45, 2.75) is 31.2 Å². The number of nitrogens with one attached hydrogen (secondary N) is 2. The largest absolute Gasteiger partial charge is 0.378 e. The average Bonchev–Trinajstić information content (AvgIpc) is 3.42. The highest BCUT2D eigenvalue weighted by atomic mass is 16.1. The van der Waals surface area contributed by atoms with Crippen LogP contribution in [-0.2, 0) is 0 Å². The zero-order valence-electron chi connectivity index (χ0n) is 16.8. The number of carbonyl (C=O) groups excluding carboxylic acids is 1. The first kappa shape index (κ1) is 17.7. The van der Waals surface area contributed by atoms with E-state index in [9.17, 15) is 4.79 Å². The summed E-state index contributed by atoms with van der Waals surface area (Å²) < 4.78 is 0. The van der Waals surface area contributed by atoms with Gasteiger partial charge in [-0.05, 0) is 84.4 Å². The van der Waals surface area contributed by atoms with Gasteiger partial charge in [0.05, 0.1) is 17.9 Å². The number of amides is 1. The molecule has 2 heterocycles. The minimum atomic E-state index is -0.0734. The van der Waals surface area contributed by atoms with Crippen molar-refractivity contribution in [3.05, 3.63) is 89.7 Å². The molecule has 30 heavy (non-hydrogen) atoms. The lowest BCUT2D eigenvalue weighted by molar-refractivity contribution is 0.102. The van der Waals surface area contributed by atoms with Crippen molar-refractivity contribution in [2.24, 2.45) is 17.8 Å². The van der Waals surface area contributed by atoms with Crippen molar-refractivity contribution in [3.63, 3.8) is 0 Å². The maximum Gasteiger partial charge on any atom is 0.255 e. The molecule has 1 amide bonds. The van der Waals surface area contributed by atoms with E-state index in [4.69, 9.17) is 0 Å². The molecule has 2 saturated carbocycles. The molecule has 0 saturated heterocycles. The Morgan fingerprint density at radius 2 is 1.87 bits per heavy atom. The fourth-order valence-electron chi connectivity index (χ4n) is 6.26. The number of carbonyl (C=O) groups is 1. The molecule has 1 aromatic heterocycles. The van der Waals surface area contributed by atoms with Crippen LogP contribution in [0.25, 0.3) is 0 Å². The summed E-state index contributed by atoms with van der Waals surface area (Å²) in [7, 11) is 0. The van der Waals surface area contributed by atoms with E-state index in [1.807, 2.05) is 18.2 Å². The molecule has 3 aromatic rings. The number of nitrogens with zero attached hydrogens (tertiary/aromatic N) is 1. The quantitative estimate of drug-likeness (QED) is 0.604. The molecule has 0 radical (unpaired) electrons. The zero-order valence-corrected chi connectivity index (χ0v) is 16.8. The van der Waals surface area contributed by atoms with E-state index in [-0.39, 0.29) is 5.91 Å². The van der Waals surface area contributed by atoms with Gasteiger partial charge >= 0.3 is 0 Å². The number of hydrogen-bond donors (Lipinski definition) is 2. The van der Waals surface area contributed by atoms with Crippen molar-refractivity contribution in [2.75, 3.05) is 10.6 Å². The summed E-state index contributed by atoms with van der Waals surface area (Å²) in [6, 6.07) is 21.1. The minimum Gasteiger partial charge on any atom is -0.378 e. The molecular formula is C26H25N3O. The molecule has 5 atom stereocenters. The van der Waals surface area contributed by atoms with Crippen molar-refractivity contribution < 1.29 is 4.79 Å². The highest BCUT2D eigenvalue weighted by Gasteiger charge is 2.53. The third kappa shape index (κ3) is 2.82. The third-order valence-corrected chi connectivity index (χ3v) is 7.43. The monoisotopic (exact) mass is 395 g/mol. The molecule has 2 aromatic carbocycles. The van der Waals surface area contributed by atoms with Crippen LogP contribution in [0.3, 0.4) is 0 Å². The van der Waals surface area contributed by atoms with Crippen LogP contribution < -0.4 is 10.6 Å². The highest BCUT2D eigenvalue weighted by Crippen LogP contribution is 2.63. The van der Waals surface area contributed by atoms with Crippen molar-refractivity contribution in [1.29, 1.82) is 0 Å². The van der Waals surface area contributed by atoms with E-state index in [1.54, 1.807) is 12.4 Å². The van der Waals surface area contributed by atoms with Crippen LogP contribution in [0.15, 0.2) is 73.1 Å². The molecule has 6 rings (SSSR count). The van der Waals surface area contributed by atoms with E-state index >= 15 is 0 Å². The van der Waals surface area contributed by atoms with E-state index in [0.717, 1.165) is 23.1 Å². The van der Waals surface area contributed by atoms with Gasteiger partial charge in [0, 0.05) is 17.4 Å². The number of benzene rings is 2. The molecular weight excluding hydrogens is 370 g/mol. The van der Waals surface area contributed by atoms with Gasteiger partial charge in [0.25, 0.3) is 5.91 Å². The van der Waals surface area contributed by atoms with Gasteiger partial charge in [0.15, 0.2) is 0 Å². The van der Waals surface area contributed by atoms with Gasteiger partial charge in [-0.15, -0.1) is 0 Å². The Hall–Kier alpha value is -3.14. The van der Waals surface area contributed by atoms with Crippen LogP contribution in [0.5, 0.6) is 0 Å². The van der Waals surface area contributed by atoms with Gasteiger partial charge in [0.2, 0.25) is 0 Å². The van der Waals surface area contributed by atoms with E-state index < -0.39 is 0 Å². The Bertz CT molecular complexity index is 1080. The van der Waals surface area contributed by atoms with Crippen LogP contribution in [0.4, 0.5) is 11.4 Å². The topological polar surface area (TPSA) is 54.0 Å². The Morgan fingerprint density at radius 1 is 1.00 bits per heavy atom. The standard InChI is InChI=1S/C26H25N3O/c30-26(28-20-7-4-12-27-15-20)19-10-11-22-21(14-19)23-17-8-9-18(13-17)24(23)25(29-22)16-5-2-1-3-6-16/h1-7,10-12,14-15,17-18,23-25,29H,8-9,13H2,(H,28,30)/t17-,18-,23+,24+,25-/m0/s1. The second-order valence-corrected chi connectivity index (χ2v) is 8.97. The Morgan fingerprint density at radius 3 is 2.70 bits per heavy atom. The van der Waals surface area contributed by atoms with Gasteiger partial charge in [-0.1, -0.05) is 30.3 Å². The molecule has 150 valence electrons. The number of aromatic nitrogens is 1. The fraction of sp³-hybridized carbons (Fsp3) is 0.308. The predicted molar refractivity (Wildman–Crippen MR) is 118 cm³/mol. The Kier molecular flexibility index (Phi) is 4.12. The van der Waals surface area contributed by atoms with E-state index in [1.165, 1.54) is 36.1 Å². The fourth-order valence-corrected chi connectivity index (χ4v) is 6.26. The summed E-state index contributed by atoms with van der Waals surface area (Å²) in [4.78, 5) is 17.0. The highest BCUT2D eigenvalue weighted by molar-refractivity contribution is 6.04. The summed E-state index contributed by atoms with van der Waals surface area (Å²) in [5.41, 5.74) is 5.34. The molecule has 0 spiro atoms. The molecule has 1 aliphatic heterocycles. The van der Waals surface area contributed by atoms with Crippen LogP contribution in [0, 0.1) is 17.8 Å². The summed E-state index contributed by atoms with van der Waals surface area (Å²) >= 11 is 0. The first-order chi connectivity index (χ1) is 14.8. The van der Waals surface area contributed by atoms with Gasteiger partial charge in [-0.2, -0.15) is 0 Å². The van der Waals surface area contributed by atoms with Crippen molar-refractivity contribution in [3.8, 4) is 0 Å². The SMILES string of the molecule is O=C(Nc1cccnc1)c1ccc2c(c1)[C@H]1[C@H]3CC[C@@H](C3)[C@H]1[C@H](c1ccccc1)N2. The normalized spacial score (nSPS) is 28.3. The molecule has 2 aliphatic carbocycles. The molecule has 0 unspecified atom stereocenters. The van der Waals surface area contributed by atoms with Crippen LogP contribution in [0.1, 0.15) is 52.7 Å². The lowest BCUT2D eigenvalue weighted by atomic mass is 9.68.